The minimum absolute atomic E-state index is 0.0683. The molecule has 4 heteroatoms. The van der Waals surface area contributed by atoms with Gasteiger partial charge in [-0.1, -0.05) is 0 Å². The second-order valence-electron chi connectivity index (χ2n) is 2.50. The van der Waals surface area contributed by atoms with Crippen molar-refractivity contribution < 1.29 is 4.79 Å². The lowest BCUT2D eigenvalue weighted by Crippen LogP contribution is -2.44. The zero-order valence-electron chi connectivity index (χ0n) is 6.03. The topological polar surface area (TPSA) is 38.1 Å². The molecule has 1 aliphatic heterocycles. The van der Waals surface area contributed by atoms with Crippen LogP contribution in [0.25, 0.3) is 0 Å². The van der Waals surface area contributed by atoms with Crippen molar-refractivity contribution in [3.63, 3.8) is 0 Å². The zero-order chi connectivity index (χ0) is 7.68. The van der Waals surface area contributed by atoms with Gasteiger partial charge in [0.25, 0.3) is 0 Å². The molecule has 0 saturated carbocycles. The third kappa shape index (κ3) is 1.00. The highest BCUT2D eigenvalue weighted by Crippen LogP contribution is 2.06. The Bertz CT molecular complexity index is 251. The van der Waals surface area contributed by atoms with E-state index in [-0.39, 0.29) is 6.03 Å². The standard InChI is InChI=1S/C7H8N3O/c11-7(9-4-2-5-9)10-6-1-3-8-10/h1,3H,2,4-5H2. The zero-order valence-corrected chi connectivity index (χ0v) is 6.03. The molecule has 0 aliphatic carbocycles. The Kier molecular flexibility index (Phi) is 1.38. The molecule has 0 atom stereocenters. The molecule has 1 aromatic heterocycles. The van der Waals surface area contributed by atoms with Crippen LogP contribution in [0.2, 0.25) is 0 Å². The molecule has 4 nitrogen and oxygen atoms in total. The van der Waals surface area contributed by atoms with Crippen molar-refractivity contribution in [1.29, 1.82) is 0 Å². The van der Waals surface area contributed by atoms with Gasteiger partial charge in [0, 0.05) is 13.1 Å². The molecule has 0 unspecified atom stereocenters. The van der Waals surface area contributed by atoms with Gasteiger partial charge in [-0.2, -0.15) is 9.78 Å². The van der Waals surface area contributed by atoms with Crippen molar-refractivity contribution >= 4 is 6.03 Å². The number of carbonyl (C=O) groups excluding carboxylic acids is 1. The molecule has 0 spiro atoms. The second kappa shape index (κ2) is 2.38. The van der Waals surface area contributed by atoms with Crippen LogP contribution in [0.4, 0.5) is 4.79 Å². The number of likely N-dealkylation sites (tertiary alicyclic amines) is 1. The lowest BCUT2D eigenvalue weighted by atomic mass is 10.2. The quantitative estimate of drug-likeness (QED) is 0.535. The van der Waals surface area contributed by atoms with Gasteiger partial charge in [0.15, 0.2) is 0 Å². The first-order valence-electron chi connectivity index (χ1n) is 3.59. The molecule has 0 bridgehead atoms. The minimum atomic E-state index is -0.0683. The van der Waals surface area contributed by atoms with Gasteiger partial charge in [-0.25, -0.2) is 4.79 Å². The van der Waals surface area contributed by atoms with E-state index in [0.29, 0.717) is 0 Å². The van der Waals surface area contributed by atoms with E-state index in [2.05, 4.69) is 11.3 Å². The first-order valence-corrected chi connectivity index (χ1v) is 3.59. The molecule has 1 radical (unpaired) electrons. The van der Waals surface area contributed by atoms with E-state index in [1.807, 2.05) is 0 Å². The van der Waals surface area contributed by atoms with Gasteiger partial charge in [0.2, 0.25) is 0 Å². The Morgan fingerprint density at radius 2 is 2.36 bits per heavy atom. The summed E-state index contributed by atoms with van der Waals surface area (Å²) in [6.45, 7) is 1.71. The predicted octanol–water partition coefficient (Wildman–Crippen LogP) is 0.357. The van der Waals surface area contributed by atoms with Crippen LogP contribution in [0.15, 0.2) is 12.3 Å². The van der Waals surface area contributed by atoms with Crippen molar-refractivity contribution in [2.75, 3.05) is 13.1 Å². The summed E-state index contributed by atoms with van der Waals surface area (Å²) in [5, 5.41) is 3.79. The van der Waals surface area contributed by atoms with Crippen molar-refractivity contribution in [3.05, 3.63) is 18.5 Å². The van der Waals surface area contributed by atoms with Gasteiger partial charge < -0.3 is 4.90 Å². The maximum atomic E-state index is 11.3. The molecule has 1 fully saturated rings. The second-order valence-corrected chi connectivity index (χ2v) is 2.50. The van der Waals surface area contributed by atoms with E-state index in [4.69, 9.17) is 0 Å². The number of amides is 1. The van der Waals surface area contributed by atoms with Crippen LogP contribution in [-0.2, 0) is 0 Å². The lowest BCUT2D eigenvalue weighted by Gasteiger charge is -2.29. The van der Waals surface area contributed by atoms with Gasteiger partial charge in [-0.05, 0) is 12.5 Å². The number of aromatic nitrogens is 2. The van der Waals surface area contributed by atoms with E-state index in [1.165, 1.54) is 4.68 Å². The Balaban J connectivity index is 2.10. The average molecular weight is 150 g/mol. The summed E-state index contributed by atoms with van der Waals surface area (Å²) in [6, 6.07) is 1.55. The predicted molar refractivity (Wildman–Crippen MR) is 38.0 cm³/mol. The molecule has 2 rings (SSSR count). The summed E-state index contributed by atoms with van der Waals surface area (Å²) in [5.41, 5.74) is 0. The average Bonchev–Trinajstić information content (AvgIpc) is 2.32. The van der Waals surface area contributed by atoms with Crippen molar-refractivity contribution in [2.45, 2.75) is 6.42 Å². The van der Waals surface area contributed by atoms with Gasteiger partial charge >= 0.3 is 6.03 Å². The van der Waals surface area contributed by atoms with Crippen LogP contribution in [0.3, 0.4) is 0 Å². The molecule has 1 aromatic rings. The highest BCUT2D eigenvalue weighted by atomic mass is 16.2. The third-order valence-corrected chi connectivity index (χ3v) is 1.76. The number of rotatable bonds is 0. The van der Waals surface area contributed by atoms with Gasteiger partial charge in [0.1, 0.15) is 0 Å². The van der Waals surface area contributed by atoms with Crippen molar-refractivity contribution in [2.24, 2.45) is 0 Å². The van der Waals surface area contributed by atoms with E-state index in [0.717, 1.165) is 19.5 Å². The van der Waals surface area contributed by atoms with Gasteiger partial charge in [0.05, 0.1) is 12.4 Å². The molecule has 1 saturated heterocycles. The number of nitrogens with zero attached hydrogens (tertiary/aromatic N) is 3. The fourth-order valence-electron chi connectivity index (χ4n) is 0.983. The molecular formula is C7H8N3O. The highest BCUT2D eigenvalue weighted by molar-refractivity contribution is 5.76. The molecule has 1 amide bonds. The van der Waals surface area contributed by atoms with Crippen LogP contribution in [-0.4, -0.2) is 33.8 Å². The molecule has 0 aromatic carbocycles. The van der Waals surface area contributed by atoms with Crippen LogP contribution >= 0.6 is 0 Å². The first kappa shape index (κ1) is 6.39. The number of hydrogen-bond donors (Lipinski definition) is 0. The minimum Gasteiger partial charge on any atom is -0.323 e. The smallest absolute Gasteiger partial charge is 0.323 e. The van der Waals surface area contributed by atoms with E-state index < -0.39 is 0 Å². The largest absolute Gasteiger partial charge is 0.345 e. The summed E-state index contributed by atoms with van der Waals surface area (Å²) in [5.74, 6) is 0. The molecule has 1 aliphatic rings. The Morgan fingerprint density at radius 3 is 2.82 bits per heavy atom. The Hall–Kier alpha value is -1.32. The van der Waals surface area contributed by atoms with Gasteiger partial charge in [-0.15, -0.1) is 0 Å². The fourth-order valence-corrected chi connectivity index (χ4v) is 0.983. The van der Waals surface area contributed by atoms with Crippen LogP contribution < -0.4 is 0 Å². The van der Waals surface area contributed by atoms with Crippen molar-refractivity contribution in [3.8, 4) is 0 Å². The van der Waals surface area contributed by atoms with Gasteiger partial charge in [-0.3, -0.25) is 0 Å². The van der Waals surface area contributed by atoms with Crippen LogP contribution in [0, 0.1) is 6.20 Å². The fraction of sp³-hybridized carbons (Fsp3) is 0.429. The van der Waals surface area contributed by atoms with E-state index >= 15 is 0 Å². The molecule has 2 heterocycles. The maximum Gasteiger partial charge on any atom is 0.345 e. The van der Waals surface area contributed by atoms with E-state index in [1.54, 1.807) is 17.2 Å². The van der Waals surface area contributed by atoms with Crippen LogP contribution in [0.1, 0.15) is 6.42 Å². The summed E-state index contributed by atoms with van der Waals surface area (Å²) in [4.78, 5) is 13.0. The summed E-state index contributed by atoms with van der Waals surface area (Å²) in [6.07, 6.45) is 5.36. The maximum absolute atomic E-state index is 11.3. The summed E-state index contributed by atoms with van der Waals surface area (Å²) < 4.78 is 1.24. The Morgan fingerprint density at radius 1 is 1.55 bits per heavy atom. The van der Waals surface area contributed by atoms with E-state index in [9.17, 15) is 4.79 Å². The molecule has 11 heavy (non-hydrogen) atoms. The molecule has 57 valence electrons. The molecular weight excluding hydrogens is 142 g/mol. The molecule has 0 N–H and O–H groups in total. The monoisotopic (exact) mass is 150 g/mol. The summed E-state index contributed by atoms with van der Waals surface area (Å²) in [7, 11) is 0. The number of carbonyl (C=O) groups is 1. The van der Waals surface area contributed by atoms with Crippen LogP contribution in [0.5, 0.6) is 0 Å². The van der Waals surface area contributed by atoms with Crippen molar-refractivity contribution in [1.82, 2.24) is 14.7 Å². The third-order valence-electron chi connectivity index (χ3n) is 1.76. The first-order chi connectivity index (χ1) is 5.38. The normalized spacial score (nSPS) is 16.2. The Labute approximate surface area is 64.4 Å². The SMILES string of the molecule is O=C(N1CCC1)n1[c]ccn1. The summed E-state index contributed by atoms with van der Waals surface area (Å²) >= 11 is 0. The highest BCUT2D eigenvalue weighted by Gasteiger charge is 2.21. The lowest BCUT2D eigenvalue weighted by molar-refractivity contribution is 0.166. The number of hydrogen-bond acceptors (Lipinski definition) is 2.